The molecule has 0 radical (unpaired) electrons. The van der Waals surface area contributed by atoms with E-state index in [1.165, 1.54) is 23.8 Å². The number of benzene rings is 1. The molecule has 0 atom stereocenters. The third-order valence-electron chi connectivity index (χ3n) is 3.90. The number of pyridine rings is 1. The van der Waals surface area contributed by atoms with Gasteiger partial charge in [-0.05, 0) is 36.6 Å². The number of nitrogens with zero attached hydrogens (tertiary/aromatic N) is 3. The van der Waals surface area contributed by atoms with E-state index in [2.05, 4.69) is 39.3 Å². The van der Waals surface area contributed by atoms with Gasteiger partial charge in [-0.2, -0.15) is 0 Å². The summed E-state index contributed by atoms with van der Waals surface area (Å²) >= 11 is 0. The Labute approximate surface area is 124 Å². The first-order valence-corrected chi connectivity index (χ1v) is 7.30. The minimum absolute atomic E-state index is 0.295. The molecule has 0 bridgehead atoms. The van der Waals surface area contributed by atoms with Crippen molar-refractivity contribution in [1.82, 2.24) is 9.88 Å². The predicted molar refractivity (Wildman–Crippen MR) is 83.2 cm³/mol. The van der Waals surface area contributed by atoms with Crippen molar-refractivity contribution in [2.75, 3.05) is 6.54 Å². The number of rotatable bonds is 6. The highest BCUT2D eigenvalue weighted by atomic mass is 16.4. The van der Waals surface area contributed by atoms with Crippen molar-refractivity contribution in [3.63, 3.8) is 0 Å². The summed E-state index contributed by atoms with van der Waals surface area (Å²) in [5, 5.41) is 12.9. The van der Waals surface area contributed by atoms with Gasteiger partial charge in [-0.1, -0.05) is 17.3 Å². The largest absolute Gasteiger partial charge is 0.409 e. The van der Waals surface area contributed by atoms with Gasteiger partial charge >= 0.3 is 0 Å². The molecule has 5 heteroatoms. The fourth-order valence-corrected chi connectivity index (χ4v) is 2.60. The zero-order chi connectivity index (χ0) is 14.7. The molecule has 1 aromatic carbocycles. The number of hydrogen-bond acceptors (Lipinski definition) is 4. The van der Waals surface area contributed by atoms with Gasteiger partial charge in [0, 0.05) is 37.1 Å². The molecular weight excluding hydrogens is 264 g/mol. The number of hydrogen-bond donors (Lipinski definition) is 2. The first-order valence-electron chi connectivity index (χ1n) is 7.30. The molecule has 0 saturated heterocycles. The fourth-order valence-electron chi connectivity index (χ4n) is 2.60. The lowest BCUT2D eigenvalue weighted by Crippen LogP contribution is -2.29. The maximum atomic E-state index is 8.65. The molecule has 5 nitrogen and oxygen atoms in total. The summed E-state index contributed by atoms with van der Waals surface area (Å²) in [6.07, 6.45) is 4.90. The summed E-state index contributed by atoms with van der Waals surface area (Å²) in [6, 6.07) is 11.1. The smallest absolute Gasteiger partial charge is 0.140 e. The average Bonchev–Trinajstić information content (AvgIpc) is 3.35. The third-order valence-corrected chi connectivity index (χ3v) is 3.90. The summed E-state index contributed by atoms with van der Waals surface area (Å²) in [5.74, 6) is 0.295. The first kappa shape index (κ1) is 13.8. The molecule has 1 aliphatic rings. The third kappa shape index (κ3) is 3.49. The average molecular weight is 284 g/mol. The van der Waals surface area contributed by atoms with E-state index in [0.717, 1.165) is 18.6 Å². The molecular formula is C16H20N4O. The Morgan fingerprint density at radius 1 is 1.38 bits per heavy atom. The van der Waals surface area contributed by atoms with Crippen LogP contribution >= 0.6 is 0 Å². The summed E-state index contributed by atoms with van der Waals surface area (Å²) in [6.45, 7) is 1.72. The van der Waals surface area contributed by atoms with Crippen LogP contribution in [0.5, 0.6) is 0 Å². The van der Waals surface area contributed by atoms with Crippen LogP contribution in [0.2, 0.25) is 0 Å². The molecule has 2 aromatic rings. The van der Waals surface area contributed by atoms with Crippen LogP contribution in [-0.4, -0.2) is 33.5 Å². The van der Waals surface area contributed by atoms with Gasteiger partial charge in [0.25, 0.3) is 0 Å². The minimum Gasteiger partial charge on any atom is -0.409 e. The maximum absolute atomic E-state index is 8.65. The molecule has 1 aliphatic carbocycles. The lowest BCUT2D eigenvalue weighted by Gasteiger charge is -2.21. The van der Waals surface area contributed by atoms with Gasteiger partial charge in [0.05, 0.1) is 5.52 Å². The molecule has 3 rings (SSSR count). The van der Waals surface area contributed by atoms with Crippen LogP contribution in [-0.2, 0) is 6.54 Å². The highest BCUT2D eigenvalue weighted by molar-refractivity contribution is 5.80. The summed E-state index contributed by atoms with van der Waals surface area (Å²) < 4.78 is 0. The molecule has 1 heterocycles. The van der Waals surface area contributed by atoms with E-state index in [9.17, 15) is 0 Å². The van der Waals surface area contributed by atoms with Crippen LogP contribution in [0.1, 0.15) is 24.8 Å². The van der Waals surface area contributed by atoms with Crippen molar-refractivity contribution in [2.24, 2.45) is 10.9 Å². The van der Waals surface area contributed by atoms with Crippen molar-refractivity contribution < 1.29 is 5.21 Å². The van der Waals surface area contributed by atoms with E-state index >= 15 is 0 Å². The number of nitrogens with two attached hydrogens (primary N) is 1. The molecule has 110 valence electrons. The number of oxime groups is 1. The Kier molecular flexibility index (Phi) is 4.01. The second kappa shape index (κ2) is 6.10. The normalized spacial score (nSPS) is 15.8. The lowest BCUT2D eigenvalue weighted by atomic mass is 10.1. The Bertz CT molecular complexity index is 652. The van der Waals surface area contributed by atoms with Gasteiger partial charge in [-0.15, -0.1) is 0 Å². The summed E-state index contributed by atoms with van der Waals surface area (Å²) in [4.78, 5) is 6.76. The van der Waals surface area contributed by atoms with Crippen LogP contribution in [0.25, 0.3) is 10.9 Å². The summed E-state index contributed by atoms with van der Waals surface area (Å²) in [5.41, 5.74) is 7.88. The minimum atomic E-state index is 0.295. The van der Waals surface area contributed by atoms with Crippen LogP contribution in [0, 0.1) is 0 Å². The molecule has 1 fully saturated rings. The van der Waals surface area contributed by atoms with Crippen molar-refractivity contribution >= 4 is 16.7 Å². The van der Waals surface area contributed by atoms with E-state index in [1.807, 2.05) is 12.3 Å². The SMILES string of the molecule is NC(CCN(Cc1ccc2ncccc2c1)C1CC1)=NO. The molecule has 21 heavy (non-hydrogen) atoms. The van der Waals surface area contributed by atoms with Crippen molar-refractivity contribution in [3.8, 4) is 0 Å². The topological polar surface area (TPSA) is 74.7 Å². The van der Waals surface area contributed by atoms with Crippen LogP contribution in [0.15, 0.2) is 41.7 Å². The quantitative estimate of drug-likeness (QED) is 0.369. The first-order chi connectivity index (χ1) is 10.3. The maximum Gasteiger partial charge on any atom is 0.140 e. The number of aromatic nitrogens is 1. The van der Waals surface area contributed by atoms with Crippen LogP contribution < -0.4 is 5.73 Å². The Morgan fingerprint density at radius 3 is 3.00 bits per heavy atom. The zero-order valence-electron chi connectivity index (χ0n) is 11.9. The van der Waals surface area contributed by atoms with Gasteiger partial charge in [-0.3, -0.25) is 9.88 Å². The van der Waals surface area contributed by atoms with E-state index in [-0.39, 0.29) is 0 Å². The standard InChI is InChI=1S/C16H20N4O/c17-16(19-21)7-9-20(14-4-5-14)11-12-3-6-15-13(10-12)2-1-8-18-15/h1-3,6,8,10,14,21H,4-5,7,9,11H2,(H2,17,19). The van der Waals surface area contributed by atoms with Gasteiger partial charge in [0.15, 0.2) is 0 Å². The molecule has 0 spiro atoms. The van der Waals surface area contributed by atoms with E-state index in [1.54, 1.807) is 0 Å². The van der Waals surface area contributed by atoms with Crippen molar-refractivity contribution in [3.05, 3.63) is 42.1 Å². The van der Waals surface area contributed by atoms with Crippen molar-refractivity contribution in [2.45, 2.75) is 31.8 Å². The second-order valence-electron chi connectivity index (χ2n) is 5.57. The molecule has 1 aromatic heterocycles. The lowest BCUT2D eigenvalue weighted by molar-refractivity contribution is 0.259. The fraction of sp³-hybridized carbons (Fsp3) is 0.375. The molecule has 3 N–H and O–H groups in total. The Hall–Kier alpha value is -2.14. The van der Waals surface area contributed by atoms with Gasteiger partial charge < -0.3 is 10.9 Å². The molecule has 0 unspecified atom stereocenters. The van der Waals surface area contributed by atoms with Crippen LogP contribution in [0.4, 0.5) is 0 Å². The van der Waals surface area contributed by atoms with Gasteiger partial charge in [-0.25, -0.2) is 0 Å². The van der Waals surface area contributed by atoms with Crippen LogP contribution in [0.3, 0.4) is 0 Å². The number of amidine groups is 1. The molecule has 1 saturated carbocycles. The monoisotopic (exact) mass is 284 g/mol. The Morgan fingerprint density at radius 2 is 2.24 bits per heavy atom. The van der Waals surface area contributed by atoms with Gasteiger partial charge in [0.1, 0.15) is 5.84 Å². The molecule has 0 aliphatic heterocycles. The Balaban J connectivity index is 1.71. The summed E-state index contributed by atoms with van der Waals surface area (Å²) in [7, 11) is 0. The molecule has 0 amide bonds. The highest BCUT2D eigenvalue weighted by Gasteiger charge is 2.28. The second-order valence-corrected chi connectivity index (χ2v) is 5.57. The zero-order valence-corrected chi connectivity index (χ0v) is 11.9. The van der Waals surface area contributed by atoms with Gasteiger partial charge in [0.2, 0.25) is 0 Å². The van der Waals surface area contributed by atoms with Crippen molar-refractivity contribution in [1.29, 1.82) is 0 Å². The van der Waals surface area contributed by atoms with E-state index in [4.69, 9.17) is 10.9 Å². The van der Waals surface area contributed by atoms with E-state index in [0.29, 0.717) is 18.3 Å². The van der Waals surface area contributed by atoms with E-state index < -0.39 is 0 Å². The highest BCUT2D eigenvalue weighted by Crippen LogP contribution is 2.28. The predicted octanol–water partition coefficient (Wildman–Crippen LogP) is 2.34. The number of fused-ring (bicyclic) bond motifs is 1.